The van der Waals surface area contributed by atoms with Crippen molar-refractivity contribution >= 4 is 12.0 Å². The fraction of sp³-hybridized carbons (Fsp3) is 0.200. The highest BCUT2D eigenvalue weighted by molar-refractivity contribution is 6.00. The molecule has 0 saturated carbocycles. The number of hydrogen-bond donors (Lipinski definition) is 4. The number of alkyl carbamates (subject to hydrolysis) is 1. The minimum absolute atomic E-state index is 0.0256. The minimum Gasteiger partial charge on any atom is -0.508 e. The number of benzene rings is 1. The Bertz CT molecular complexity index is 475. The second-order valence-corrected chi connectivity index (χ2v) is 3.55. The molecule has 1 atom stereocenters. The molecule has 1 saturated heterocycles. The molecule has 2 amide bonds. The third kappa shape index (κ3) is 2.07. The van der Waals surface area contributed by atoms with Gasteiger partial charge in [-0.1, -0.05) is 0 Å². The topological polar surface area (TPSA) is 116 Å². The van der Waals surface area contributed by atoms with E-state index in [2.05, 4.69) is 4.74 Å². The molecule has 0 bridgehead atoms. The highest BCUT2D eigenvalue weighted by Gasteiger charge is 2.33. The molecule has 1 fully saturated rings. The van der Waals surface area contributed by atoms with Crippen molar-refractivity contribution in [1.82, 2.24) is 5.32 Å². The Morgan fingerprint density at radius 3 is 2.24 bits per heavy atom. The van der Waals surface area contributed by atoms with E-state index in [0.717, 1.165) is 12.1 Å². The van der Waals surface area contributed by atoms with Crippen LogP contribution in [-0.2, 0) is 16.0 Å². The molecule has 4 N–H and O–H groups in total. The average molecular weight is 239 g/mol. The summed E-state index contributed by atoms with van der Waals surface area (Å²) in [5, 5.41) is 30.0. The zero-order chi connectivity index (χ0) is 12.6. The van der Waals surface area contributed by atoms with E-state index in [1.54, 1.807) is 0 Å². The van der Waals surface area contributed by atoms with Gasteiger partial charge in [0.15, 0.2) is 6.10 Å². The predicted molar refractivity (Wildman–Crippen MR) is 53.6 cm³/mol. The summed E-state index contributed by atoms with van der Waals surface area (Å²) in [6.07, 6.45) is -2.13. The number of carbonyl (C=O) groups excluding carboxylic acids is 2. The third-order valence-corrected chi connectivity index (χ3v) is 2.34. The molecule has 0 radical (unpaired) electrons. The fourth-order valence-electron chi connectivity index (χ4n) is 1.55. The Balaban J connectivity index is 2.25. The van der Waals surface area contributed by atoms with Crippen LogP contribution in [0.5, 0.6) is 17.2 Å². The Labute approximate surface area is 95.3 Å². The standard InChI is InChI=1S/C10H9NO6/c12-4-1-6(13)5(7(14)2-4)3-8-9(15)11-10(16)17-8/h1-2,8,12-14H,3H2,(H,11,15,16). The summed E-state index contributed by atoms with van der Waals surface area (Å²) in [4.78, 5) is 22.0. The van der Waals surface area contributed by atoms with Crippen molar-refractivity contribution in [1.29, 1.82) is 0 Å². The summed E-state index contributed by atoms with van der Waals surface area (Å²) in [5.41, 5.74) is 0.0256. The van der Waals surface area contributed by atoms with E-state index < -0.39 is 18.1 Å². The SMILES string of the molecule is O=C1NC(=O)C(Cc2c(O)cc(O)cc2O)O1. The lowest BCUT2D eigenvalue weighted by Crippen LogP contribution is -2.25. The lowest BCUT2D eigenvalue weighted by molar-refractivity contribution is -0.123. The van der Waals surface area contributed by atoms with Crippen LogP contribution in [0.2, 0.25) is 0 Å². The highest BCUT2D eigenvalue weighted by atomic mass is 16.6. The second-order valence-electron chi connectivity index (χ2n) is 3.55. The van der Waals surface area contributed by atoms with Crippen molar-refractivity contribution in [3.05, 3.63) is 17.7 Å². The number of phenolic OH excluding ortho intramolecular Hbond substituents is 3. The highest BCUT2D eigenvalue weighted by Crippen LogP contribution is 2.33. The third-order valence-electron chi connectivity index (χ3n) is 2.34. The summed E-state index contributed by atoms with van der Waals surface area (Å²) < 4.78 is 4.63. The van der Waals surface area contributed by atoms with Gasteiger partial charge in [0.05, 0.1) is 0 Å². The van der Waals surface area contributed by atoms with E-state index in [-0.39, 0.29) is 29.2 Å². The van der Waals surface area contributed by atoms with Crippen LogP contribution in [0.4, 0.5) is 4.79 Å². The maximum absolute atomic E-state index is 11.2. The Morgan fingerprint density at radius 2 is 1.76 bits per heavy atom. The first kappa shape index (κ1) is 11.1. The van der Waals surface area contributed by atoms with Gasteiger partial charge in [-0.05, 0) is 0 Å². The number of amides is 2. The molecular formula is C10H9NO6. The molecule has 1 heterocycles. The van der Waals surface area contributed by atoms with Crippen LogP contribution in [0, 0.1) is 0 Å². The van der Waals surface area contributed by atoms with E-state index in [1.807, 2.05) is 5.32 Å². The van der Waals surface area contributed by atoms with Crippen LogP contribution < -0.4 is 5.32 Å². The van der Waals surface area contributed by atoms with Crippen LogP contribution in [-0.4, -0.2) is 33.4 Å². The molecule has 7 heteroatoms. The van der Waals surface area contributed by atoms with Crippen LogP contribution in [0.3, 0.4) is 0 Å². The fourth-order valence-corrected chi connectivity index (χ4v) is 1.55. The van der Waals surface area contributed by atoms with Crippen molar-refractivity contribution in [2.45, 2.75) is 12.5 Å². The van der Waals surface area contributed by atoms with Gasteiger partial charge in [-0.3, -0.25) is 10.1 Å². The first-order valence-electron chi connectivity index (χ1n) is 4.72. The average Bonchev–Trinajstić information content (AvgIpc) is 2.51. The van der Waals surface area contributed by atoms with E-state index >= 15 is 0 Å². The lowest BCUT2D eigenvalue weighted by Gasteiger charge is -2.10. The van der Waals surface area contributed by atoms with Crippen LogP contribution in [0.25, 0.3) is 0 Å². The monoisotopic (exact) mass is 239 g/mol. The van der Waals surface area contributed by atoms with Crippen molar-refractivity contribution in [3.8, 4) is 17.2 Å². The predicted octanol–water partition coefficient (Wildman–Crippen LogP) is -0.0191. The number of cyclic esters (lactones) is 1. The van der Waals surface area contributed by atoms with Crippen molar-refractivity contribution in [3.63, 3.8) is 0 Å². The molecule has 0 spiro atoms. The quantitative estimate of drug-likeness (QED) is 0.576. The molecular weight excluding hydrogens is 230 g/mol. The molecule has 90 valence electrons. The van der Waals surface area contributed by atoms with E-state index in [1.165, 1.54) is 0 Å². The Kier molecular flexibility index (Phi) is 2.51. The number of aromatic hydroxyl groups is 3. The number of hydrogen-bond acceptors (Lipinski definition) is 6. The lowest BCUT2D eigenvalue weighted by atomic mass is 10.0. The van der Waals surface area contributed by atoms with Gasteiger partial charge in [0, 0.05) is 24.1 Å². The Morgan fingerprint density at radius 1 is 1.18 bits per heavy atom. The smallest absolute Gasteiger partial charge is 0.414 e. The number of phenols is 3. The normalized spacial score (nSPS) is 18.9. The van der Waals surface area contributed by atoms with Crippen LogP contribution >= 0.6 is 0 Å². The summed E-state index contributed by atoms with van der Waals surface area (Å²) in [6.45, 7) is 0. The van der Waals surface area contributed by atoms with E-state index in [9.17, 15) is 19.8 Å². The minimum atomic E-state index is -1.09. The molecule has 2 rings (SSSR count). The van der Waals surface area contributed by atoms with Gasteiger partial charge in [0.25, 0.3) is 5.91 Å². The van der Waals surface area contributed by atoms with E-state index in [0.29, 0.717) is 0 Å². The van der Waals surface area contributed by atoms with Gasteiger partial charge in [-0.25, -0.2) is 4.79 Å². The molecule has 1 aromatic rings. The summed E-state index contributed by atoms with van der Waals surface area (Å²) in [5.74, 6) is -1.70. The maximum atomic E-state index is 11.2. The number of carbonyl (C=O) groups is 2. The number of nitrogens with one attached hydrogen (secondary N) is 1. The second kappa shape index (κ2) is 3.85. The molecule has 17 heavy (non-hydrogen) atoms. The zero-order valence-electron chi connectivity index (χ0n) is 8.51. The number of imide groups is 1. The number of ether oxygens (including phenoxy) is 1. The molecule has 1 unspecified atom stereocenters. The zero-order valence-corrected chi connectivity index (χ0v) is 8.51. The molecule has 1 aliphatic rings. The summed E-state index contributed by atoms with van der Waals surface area (Å²) in [6, 6.07) is 2.04. The molecule has 1 aromatic carbocycles. The Hall–Kier alpha value is -2.44. The van der Waals surface area contributed by atoms with Gasteiger partial charge in [0.1, 0.15) is 17.2 Å². The molecule has 1 aliphatic heterocycles. The molecule has 7 nitrogen and oxygen atoms in total. The first-order chi connectivity index (χ1) is 7.97. The molecule has 0 aromatic heterocycles. The van der Waals surface area contributed by atoms with Gasteiger partial charge >= 0.3 is 6.09 Å². The maximum Gasteiger partial charge on any atom is 0.414 e. The molecule has 0 aliphatic carbocycles. The van der Waals surface area contributed by atoms with Crippen LogP contribution in [0.15, 0.2) is 12.1 Å². The van der Waals surface area contributed by atoms with Crippen LogP contribution in [0.1, 0.15) is 5.56 Å². The first-order valence-corrected chi connectivity index (χ1v) is 4.72. The van der Waals surface area contributed by atoms with Gasteiger partial charge in [-0.15, -0.1) is 0 Å². The largest absolute Gasteiger partial charge is 0.508 e. The van der Waals surface area contributed by atoms with Crippen molar-refractivity contribution in [2.24, 2.45) is 0 Å². The van der Waals surface area contributed by atoms with Gasteiger partial charge in [0.2, 0.25) is 0 Å². The number of rotatable bonds is 2. The summed E-state index contributed by atoms with van der Waals surface area (Å²) in [7, 11) is 0. The van der Waals surface area contributed by atoms with Crippen molar-refractivity contribution < 1.29 is 29.6 Å². The summed E-state index contributed by atoms with van der Waals surface area (Å²) >= 11 is 0. The van der Waals surface area contributed by atoms with Gasteiger partial charge < -0.3 is 20.1 Å². The van der Waals surface area contributed by atoms with Crippen molar-refractivity contribution in [2.75, 3.05) is 0 Å². The van der Waals surface area contributed by atoms with Gasteiger partial charge in [-0.2, -0.15) is 0 Å². The van der Waals surface area contributed by atoms with E-state index in [4.69, 9.17) is 5.11 Å².